The third-order valence-corrected chi connectivity index (χ3v) is 4.68. The van der Waals surface area contributed by atoms with Crippen LogP contribution >= 0.6 is 12.2 Å². The lowest BCUT2D eigenvalue weighted by atomic mass is 10.3. The molecule has 0 aromatic carbocycles. The highest BCUT2D eigenvalue weighted by Gasteiger charge is 2.22. The van der Waals surface area contributed by atoms with Gasteiger partial charge in [0.2, 0.25) is 5.95 Å². The van der Waals surface area contributed by atoms with Crippen molar-refractivity contribution < 1.29 is 0 Å². The van der Waals surface area contributed by atoms with E-state index in [1.165, 1.54) is 11.6 Å². The van der Waals surface area contributed by atoms with Gasteiger partial charge in [-0.1, -0.05) is 0 Å². The maximum absolute atomic E-state index is 12.2. The predicted molar refractivity (Wildman–Crippen MR) is 96.6 cm³/mol. The molecule has 0 aliphatic carbocycles. The van der Waals surface area contributed by atoms with Crippen molar-refractivity contribution in [2.45, 2.75) is 6.92 Å². The smallest absolute Gasteiger partial charge is 0.332 e. The maximum Gasteiger partial charge on any atom is 0.332 e. The third kappa shape index (κ3) is 2.66. The Hall–Kier alpha value is -2.36. The summed E-state index contributed by atoms with van der Waals surface area (Å²) in [6, 6.07) is 0. The largest absolute Gasteiger partial charge is 0.363 e. The number of rotatable bonds is 2. The average molecular weight is 351 g/mol. The van der Waals surface area contributed by atoms with Crippen molar-refractivity contribution in [3.63, 3.8) is 0 Å². The standard InChI is InChI=1S/C14H21N7O2S/c1-4-15-13(24)21-7-5-20(6-8-21)12-16-9-10(17-12)18(2)14(23)19(3)11(9)22/h4-8H2,1-3H3,(H,15,24)(H,16,17). The number of nitrogens with zero attached hydrogens (tertiary/aromatic N) is 5. The summed E-state index contributed by atoms with van der Waals surface area (Å²) in [4.78, 5) is 35.9. The van der Waals surface area contributed by atoms with Gasteiger partial charge in [-0.05, 0) is 19.1 Å². The molecule has 0 atom stereocenters. The Bertz CT molecular complexity index is 889. The number of imidazole rings is 1. The van der Waals surface area contributed by atoms with E-state index in [9.17, 15) is 9.59 Å². The summed E-state index contributed by atoms with van der Waals surface area (Å²) in [5.74, 6) is 0.609. The number of fused-ring (bicyclic) bond motifs is 1. The zero-order chi connectivity index (χ0) is 17.4. The van der Waals surface area contributed by atoms with E-state index in [1.807, 2.05) is 6.92 Å². The molecule has 1 aliphatic heterocycles. The lowest BCUT2D eigenvalue weighted by molar-refractivity contribution is 0.379. The van der Waals surface area contributed by atoms with Gasteiger partial charge in [-0.2, -0.15) is 4.98 Å². The Morgan fingerprint density at radius 1 is 1.21 bits per heavy atom. The third-order valence-electron chi connectivity index (χ3n) is 4.28. The monoisotopic (exact) mass is 351 g/mol. The Kier molecular flexibility index (Phi) is 4.31. The van der Waals surface area contributed by atoms with Gasteiger partial charge in [0.25, 0.3) is 5.56 Å². The molecule has 130 valence electrons. The van der Waals surface area contributed by atoms with Gasteiger partial charge in [0, 0.05) is 46.8 Å². The van der Waals surface area contributed by atoms with E-state index in [0.29, 0.717) is 17.1 Å². The first-order chi connectivity index (χ1) is 11.4. The van der Waals surface area contributed by atoms with Gasteiger partial charge in [0.1, 0.15) is 0 Å². The molecule has 1 saturated heterocycles. The molecule has 3 heterocycles. The van der Waals surface area contributed by atoms with Crippen LogP contribution < -0.4 is 21.5 Å². The van der Waals surface area contributed by atoms with Crippen molar-refractivity contribution in [1.29, 1.82) is 0 Å². The van der Waals surface area contributed by atoms with Gasteiger partial charge in [-0.25, -0.2) is 4.79 Å². The molecule has 24 heavy (non-hydrogen) atoms. The SMILES string of the molecule is CCNC(=S)N1CCN(c2nc3c([nH]2)c(=O)n(C)c(=O)n3C)CC1. The minimum atomic E-state index is -0.383. The lowest BCUT2D eigenvalue weighted by Crippen LogP contribution is -2.52. The van der Waals surface area contributed by atoms with Crippen molar-refractivity contribution >= 4 is 34.4 Å². The van der Waals surface area contributed by atoms with E-state index >= 15 is 0 Å². The van der Waals surface area contributed by atoms with E-state index in [0.717, 1.165) is 42.4 Å². The number of hydrogen-bond acceptors (Lipinski definition) is 5. The van der Waals surface area contributed by atoms with Gasteiger partial charge in [-0.3, -0.25) is 13.9 Å². The number of aromatic nitrogens is 4. The zero-order valence-corrected chi connectivity index (χ0v) is 14.8. The second-order valence-electron chi connectivity index (χ2n) is 5.77. The number of piperazine rings is 1. The molecule has 0 unspecified atom stereocenters. The first-order valence-corrected chi connectivity index (χ1v) is 8.28. The van der Waals surface area contributed by atoms with Crippen LogP contribution in [0.15, 0.2) is 9.59 Å². The molecule has 10 heteroatoms. The summed E-state index contributed by atoms with van der Waals surface area (Å²) in [5, 5.41) is 3.91. The highest BCUT2D eigenvalue weighted by atomic mass is 32.1. The van der Waals surface area contributed by atoms with Gasteiger partial charge >= 0.3 is 5.69 Å². The van der Waals surface area contributed by atoms with Crippen LogP contribution in [0.4, 0.5) is 5.95 Å². The quantitative estimate of drug-likeness (QED) is 0.669. The van der Waals surface area contributed by atoms with Crippen molar-refractivity contribution in [3.8, 4) is 0 Å². The topological polar surface area (TPSA) is 91.2 Å². The molecule has 3 rings (SSSR count). The molecule has 0 amide bonds. The molecule has 2 aromatic heterocycles. The number of aromatic amines is 1. The number of thiocarbonyl (C=S) groups is 1. The van der Waals surface area contributed by atoms with Gasteiger partial charge < -0.3 is 20.1 Å². The molecule has 0 bridgehead atoms. The van der Waals surface area contributed by atoms with Crippen LogP contribution in [0.1, 0.15) is 6.92 Å². The molecule has 0 radical (unpaired) electrons. The van der Waals surface area contributed by atoms with Crippen LogP contribution in [-0.4, -0.2) is 61.8 Å². The van der Waals surface area contributed by atoms with Crippen molar-refractivity contribution in [2.24, 2.45) is 14.1 Å². The summed E-state index contributed by atoms with van der Waals surface area (Å²) in [6.45, 7) is 5.85. The number of nitrogens with one attached hydrogen (secondary N) is 2. The fourth-order valence-electron chi connectivity index (χ4n) is 2.85. The summed E-state index contributed by atoms with van der Waals surface area (Å²) < 4.78 is 2.46. The first kappa shape index (κ1) is 16.5. The lowest BCUT2D eigenvalue weighted by Gasteiger charge is -2.35. The number of anilines is 1. The second kappa shape index (κ2) is 6.27. The second-order valence-corrected chi connectivity index (χ2v) is 6.16. The van der Waals surface area contributed by atoms with Crippen LogP contribution in [0, 0.1) is 0 Å². The molecule has 2 aromatic rings. The van der Waals surface area contributed by atoms with Gasteiger partial charge in [0.05, 0.1) is 0 Å². The predicted octanol–water partition coefficient (Wildman–Crippen LogP) is -1.02. The molecule has 0 saturated carbocycles. The minimum absolute atomic E-state index is 0.347. The highest BCUT2D eigenvalue weighted by molar-refractivity contribution is 7.80. The fourth-order valence-corrected chi connectivity index (χ4v) is 3.17. The zero-order valence-electron chi connectivity index (χ0n) is 14.0. The molecule has 1 fully saturated rings. The summed E-state index contributed by atoms with van der Waals surface area (Å²) in [7, 11) is 3.08. The Morgan fingerprint density at radius 2 is 1.88 bits per heavy atom. The molecule has 1 aliphatic rings. The highest BCUT2D eigenvalue weighted by Crippen LogP contribution is 2.15. The summed E-state index contributed by atoms with van der Waals surface area (Å²) in [5.41, 5.74) is -0.0194. The number of H-pyrrole nitrogens is 1. The summed E-state index contributed by atoms with van der Waals surface area (Å²) in [6.07, 6.45) is 0. The van der Waals surface area contributed by atoms with E-state index in [1.54, 1.807) is 7.05 Å². The van der Waals surface area contributed by atoms with Crippen LogP contribution in [0.3, 0.4) is 0 Å². The molecule has 0 spiro atoms. The Labute approximate surface area is 143 Å². The molecular weight excluding hydrogens is 330 g/mol. The normalized spacial score (nSPS) is 15.1. The molecule has 9 nitrogen and oxygen atoms in total. The van der Waals surface area contributed by atoms with Crippen LogP contribution in [0.2, 0.25) is 0 Å². The first-order valence-electron chi connectivity index (χ1n) is 7.87. The van der Waals surface area contributed by atoms with Crippen LogP contribution in [-0.2, 0) is 14.1 Å². The van der Waals surface area contributed by atoms with Crippen molar-refractivity contribution in [2.75, 3.05) is 37.6 Å². The average Bonchev–Trinajstić information content (AvgIpc) is 3.04. The van der Waals surface area contributed by atoms with E-state index in [2.05, 4.69) is 25.1 Å². The molecular formula is C14H21N7O2S. The van der Waals surface area contributed by atoms with Crippen molar-refractivity contribution in [1.82, 2.24) is 29.3 Å². The van der Waals surface area contributed by atoms with Crippen molar-refractivity contribution in [3.05, 3.63) is 20.8 Å². The Balaban J connectivity index is 1.86. The molecule has 2 N–H and O–H groups in total. The van der Waals surface area contributed by atoms with E-state index in [-0.39, 0.29) is 11.2 Å². The van der Waals surface area contributed by atoms with E-state index < -0.39 is 0 Å². The minimum Gasteiger partial charge on any atom is -0.363 e. The van der Waals surface area contributed by atoms with Crippen LogP contribution in [0.25, 0.3) is 11.2 Å². The number of hydrogen-bond donors (Lipinski definition) is 2. The van der Waals surface area contributed by atoms with Gasteiger partial charge in [-0.15, -0.1) is 0 Å². The number of aryl methyl sites for hydroxylation is 1. The van der Waals surface area contributed by atoms with Crippen LogP contribution in [0.5, 0.6) is 0 Å². The van der Waals surface area contributed by atoms with Gasteiger partial charge in [0.15, 0.2) is 16.3 Å². The fraction of sp³-hybridized carbons (Fsp3) is 0.571. The maximum atomic E-state index is 12.2. The Morgan fingerprint density at radius 3 is 2.50 bits per heavy atom. The summed E-state index contributed by atoms with van der Waals surface area (Å²) >= 11 is 5.33. The van der Waals surface area contributed by atoms with E-state index in [4.69, 9.17) is 12.2 Å².